The number of para-hydroxylation sites is 1. The highest BCUT2D eigenvalue weighted by Crippen LogP contribution is 2.14. The molecule has 1 aromatic heterocycles. The number of allylic oxidation sites excluding steroid dienone is 1. The van der Waals surface area contributed by atoms with E-state index in [1.165, 1.54) is 41.1 Å². The zero-order valence-electron chi connectivity index (χ0n) is 14.8. The van der Waals surface area contributed by atoms with E-state index in [4.69, 9.17) is 0 Å². The van der Waals surface area contributed by atoms with E-state index >= 15 is 0 Å². The Morgan fingerprint density at radius 2 is 1.70 bits per heavy atom. The number of rotatable bonds is 5. The van der Waals surface area contributed by atoms with Gasteiger partial charge in [0.1, 0.15) is 0 Å². The topological polar surface area (TPSA) is 87.1 Å². The maximum Gasteiger partial charge on any atom is 0.278 e. The lowest BCUT2D eigenvalue weighted by Gasteiger charge is -2.07. The summed E-state index contributed by atoms with van der Waals surface area (Å²) >= 11 is 0. The Balaban J connectivity index is 1.93. The SMILES string of the molecule is Cc1c(/C=C/C(=O)c2ccc([N+](=O)[O-])cc2)c(=O)n(-c2ccccc2)n1C. The van der Waals surface area contributed by atoms with E-state index in [2.05, 4.69) is 0 Å². The number of hydrogen-bond donors (Lipinski definition) is 0. The minimum absolute atomic E-state index is 0.0832. The van der Waals surface area contributed by atoms with E-state index in [9.17, 15) is 19.7 Å². The van der Waals surface area contributed by atoms with Crippen molar-refractivity contribution in [3.63, 3.8) is 0 Å². The number of nitro groups is 1. The fourth-order valence-corrected chi connectivity index (χ4v) is 2.78. The van der Waals surface area contributed by atoms with Gasteiger partial charge in [0.2, 0.25) is 0 Å². The van der Waals surface area contributed by atoms with Gasteiger partial charge < -0.3 is 0 Å². The number of aromatic nitrogens is 2. The van der Waals surface area contributed by atoms with Crippen molar-refractivity contribution in [1.82, 2.24) is 9.36 Å². The second-order valence-corrected chi connectivity index (χ2v) is 5.98. The van der Waals surface area contributed by atoms with Crippen LogP contribution in [0.15, 0.2) is 65.5 Å². The number of nitro benzene ring substituents is 1. The summed E-state index contributed by atoms with van der Waals surface area (Å²) in [7, 11) is 1.78. The van der Waals surface area contributed by atoms with E-state index in [1.807, 2.05) is 30.3 Å². The molecule has 0 radical (unpaired) electrons. The van der Waals surface area contributed by atoms with Crippen LogP contribution in [0, 0.1) is 17.0 Å². The molecule has 0 saturated heterocycles. The summed E-state index contributed by atoms with van der Waals surface area (Å²) in [5.74, 6) is -0.334. The van der Waals surface area contributed by atoms with Crippen LogP contribution in [0.2, 0.25) is 0 Å². The Morgan fingerprint density at radius 1 is 1.07 bits per heavy atom. The molecule has 0 amide bonds. The number of hydrogen-bond acceptors (Lipinski definition) is 4. The summed E-state index contributed by atoms with van der Waals surface area (Å²) in [5.41, 5.74) is 1.87. The van der Waals surface area contributed by atoms with Crippen molar-refractivity contribution in [3.8, 4) is 5.69 Å². The molecule has 3 aromatic rings. The monoisotopic (exact) mass is 363 g/mol. The molecule has 0 aliphatic heterocycles. The van der Waals surface area contributed by atoms with Gasteiger partial charge in [-0.3, -0.25) is 24.4 Å². The minimum atomic E-state index is -0.524. The molecule has 3 rings (SSSR count). The van der Waals surface area contributed by atoms with Crippen LogP contribution < -0.4 is 5.56 Å². The smallest absolute Gasteiger partial charge is 0.278 e. The third-order valence-corrected chi connectivity index (χ3v) is 4.36. The normalized spacial score (nSPS) is 11.0. The summed E-state index contributed by atoms with van der Waals surface area (Å²) in [4.78, 5) is 35.3. The van der Waals surface area contributed by atoms with Crippen LogP contribution in [0.1, 0.15) is 21.6 Å². The van der Waals surface area contributed by atoms with Crippen LogP contribution in [0.25, 0.3) is 11.8 Å². The summed E-state index contributed by atoms with van der Waals surface area (Å²) < 4.78 is 3.26. The van der Waals surface area contributed by atoms with E-state index in [0.29, 0.717) is 11.1 Å². The van der Waals surface area contributed by atoms with Gasteiger partial charge in [-0.1, -0.05) is 18.2 Å². The number of non-ortho nitro benzene ring substituents is 1. The summed E-state index contributed by atoms with van der Waals surface area (Å²) in [6.07, 6.45) is 2.79. The zero-order chi connectivity index (χ0) is 19.6. The van der Waals surface area contributed by atoms with Crippen molar-refractivity contribution in [2.45, 2.75) is 6.92 Å². The Bertz CT molecular complexity index is 1090. The van der Waals surface area contributed by atoms with Crippen molar-refractivity contribution in [3.05, 3.63) is 98.0 Å². The largest absolute Gasteiger partial charge is 0.289 e. The van der Waals surface area contributed by atoms with Gasteiger partial charge in [-0.05, 0) is 43.3 Å². The average Bonchev–Trinajstić information content (AvgIpc) is 2.89. The lowest BCUT2D eigenvalue weighted by molar-refractivity contribution is -0.384. The van der Waals surface area contributed by atoms with E-state index < -0.39 is 4.92 Å². The number of benzene rings is 2. The number of carbonyl (C=O) groups excluding carboxylic acids is 1. The molecule has 0 atom stereocenters. The Morgan fingerprint density at radius 3 is 2.30 bits per heavy atom. The highest BCUT2D eigenvalue weighted by atomic mass is 16.6. The van der Waals surface area contributed by atoms with Crippen LogP contribution in [-0.4, -0.2) is 20.1 Å². The Labute approximate surface area is 154 Å². The standard InChI is InChI=1S/C20H17N3O4/c1-14-18(20(25)22(21(14)2)16-6-4-3-5-7-16)12-13-19(24)15-8-10-17(11-9-15)23(26)27/h3-13H,1-2H3/b13-12+. The second kappa shape index (κ2) is 7.25. The van der Waals surface area contributed by atoms with Crippen LogP contribution in [0.4, 0.5) is 5.69 Å². The Hall–Kier alpha value is -3.74. The molecule has 1 heterocycles. The molecule has 27 heavy (non-hydrogen) atoms. The fourth-order valence-electron chi connectivity index (χ4n) is 2.78. The molecule has 0 unspecified atom stereocenters. The molecule has 0 saturated carbocycles. The van der Waals surface area contributed by atoms with Gasteiger partial charge in [0.15, 0.2) is 5.78 Å². The molecule has 0 N–H and O–H groups in total. The van der Waals surface area contributed by atoms with Crippen molar-refractivity contribution in [1.29, 1.82) is 0 Å². The maximum absolute atomic E-state index is 12.8. The molecule has 0 spiro atoms. The van der Waals surface area contributed by atoms with Gasteiger partial charge in [0, 0.05) is 30.4 Å². The molecule has 0 aliphatic rings. The number of carbonyl (C=O) groups is 1. The first-order chi connectivity index (χ1) is 12.9. The maximum atomic E-state index is 12.8. The van der Waals surface area contributed by atoms with Crippen molar-refractivity contribution in [2.75, 3.05) is 0 Å². The van der Waals surface area contributed by atoms with Crippen LogP contribution in [-0.2, 0) is 7.05 Å². The molecule has 0 aliphatic carbocycles. The third-order valence-electron chi connectivity index (χ3n) is 4.36. The third kappa shape index (κ3) is 3.48. The van der Waals surface area contributed by atoms with E-state index in [0.717, 1.165) is 11.4 Å². The predicted molar refractivity (Wildman–Crippen MR) is 102 cm³/mol. The van der Waals surface area contributed by atoms with Gasteiger partial charge in [-0.2, -0.15) is 0 Å². The minimum Gasteiger partial charge on any atom is -0.289 e. The lowest BCUT2D eigenvalue weighted by Crippen LogP contribution is -2.20. The van der Waals surface area contributed by atoms with Gasteiger partial charge in [0.05, 0.1) is 16.2 Å². The van der Waals surface area contributed by atoms with Crippen molar-refractivity contribution < 1.29 is 9.72 Å². The van der Waals surface area contributed by atoms with Gasteiger partial charge in [-0.25, -0.2) is 4.68 Å². The molecule has 7 nitrogen and oxygen atoms in total. The number of ketones is 1. The molecule has 0 bridgehead atoms. The zero-order valence-corrected chi connectivity index (χ0v) is 14.8. The first kappa shape index (κ1) is 18.1. The van der Waals surface area contributed by atoms with Crippen LogP contribution >= 0.6 is 0 Å². The quantitative estimate of drug-likeness (QED) is 0.301. The molecule has 7 heteroatoms. The first-order valence-electron chi connectivity index (χ1n) is 8.21. The molecule has 2 aromatic carbocycles. The lowest BCUT2D eigenvalue weighted by atomic mass is 10.1. The van der Waals surface area contributed by atoms with Crippen LogP contribution in [0.3, 0.4) is 0 Å². The predicted octanol–water partition coefficient (Wildman–Crippen LogP) is 3.29. The highest BCUT2D eigenvalue weighted by molar-refractivity contribution is 6.06. The summed E-state index contributed by atoms with van der Waals surface area (Å²) in [6, 6.07) is 14.6. The van der Waals surface area contributed by atoms with E-state index in [-0.39, 0.29) is 17.0 Å². The van der Waals surface area contributed by atoms with E-state index in [1.54, 1.807) is 18.7 Å². The molecule has 136 valence electrons. The summed E-state index contributed by atoms with van der Waals surface area (Å²) in [6.45, 7) is 1.80. The van der Waals surface area contributed by atoms with Crippen LogP contribution in [0.5, 0.6) is 0 Å². The summed E-state index contributed by atoms with van der Waals surface area (Å²) in [5, 5.41) is 10.7. The fraction of sp³-hybridized carbons (Fsp3) is 0.100. The molecular formula is C20H17N3O4. The highest BCUT2D eigenvalue weighted by Gasteiger charge is 2.14. The number of nitrogens with zero attached hydrogens (tertiary/aromatic N) is 3. The Kier molecular flexibility index (Phi) is 4.85. The second-order valence-electron chi connectivity index (χ2n) is 5.98. The van der Waals surface area contributed by atoms with Gasteiger partial charge >= 0.3 is 0 Å². The van der Waals surface area contributed by atoms with Crippen molar-refractivity contribution in [2.24, 2.45) is 7.05 Å². The van der Waals surface area contributed by atoms with Crippen molar-refractivity contribution >= 4 is 17.5 Å². The first-order valence-corrected chi connectivity index (χ1v) is 8.21. The van der Waals surface area contributed by atoms with Gasteiger partial charge in [-0.15, -0.1) is 0 Å². The van der Waals surface area contributed by atoms with Gasteiger partial charge in [0.25, 0.3) is 11.2 Å². The molecule has 0 fully saturated rings. The molecular weight excluding hydrogens is 346 g/mol. The average molecular weight is 363 g/mol.